The molecule has 1 aromatic heterocycles. The average molecular weight is 333 g/mol. The molecule has 0 bridgehead atoms. The van der Waals surface area contributed by atoms with Crippen LogP contribution in [0.3, 0.4) is 0 Å². The fourth-order valence-corrected chi connectivity index (χ4v) is 2.18. The minimum Gasteiger partial charge on any atom is -0.472 e. The van der Waals surface area contributed by atoms with Crippen molar-refractivity contribution in [2.75, 3.05) is 0 Å². The molecule has 1 aromatic carbocycles. The number of aromatic nitrogens is 1. The first-order valence-corrected chi connectivity index (χ1v) is 6.38. The summed E-state index contributed by atoms with van der Waals surface area (Å²) in [6.07, 6.45) is 1.64. The summed E-state index contributed by atoms with van der Waals surface area (Å²) < 4.78 is 6.33. The minimum atomic E-state index is 0.384. The van der Waals surface area contributed by atoms with Crippen LogP contribution in [0.4, 0.5) is 0 Å². The third kappa shape index (κ3) is 3.60. The molecule has 2 rings (SSSR count). The Balaban J connectivity index is 2.07. The second kappa shape index (κ2) is 5.71. The number of ether oxygens (including phenoxy) is 1. The van der Waals surface area contributed by atoms with Crippen molar-refractivity contribution in [1.29, 1.82) is 0 Å². The molecule has 17 heavy (non-hydrogen) atoms. The molecular weight excluding hydrogens is 325 g/mol. The molecule has 2 nitrogen and oxygen atoms in total. The van der Waals surface area contributed by atoms with Gasteiger partial charge in [0, 0.05) is 15.7 Å². The molecule has 0 radical (unpaired) electrons. The first-order chi connectivity index (χ1) is 8.15. The Hall–Kier alpha value is -0.770. The van der Waals surface area contributed by atoms with E-state index < -0.39 is 0 Å². The lowest BCUT2D eigenvalue weighted by Crippen LogP contribution is -1.97. The molecule has 0 unspecified atom stereocenters. The summed E-state index contributed by atoms with van der Waals surface area (Å²) in [7, 11) is 0. The van der Waals surface area contributed by atoms with E-state index in [-0.39, 0.29) is 0 Å². The van der Waals surface area contributed by atoms with Crippen LogP contribution in [0.1, 0.15) is 5.56 Å². The molecular formula is C12H8BrCl2NO. The molecule has 2 aromatic rings. The van der Waals surface area contributed by atoms with E-state index in [0.29, 0.717) is 22.5 Å². The Morgan fingerprint density at radius 2 is 2.06 bits per heavy atom. The van der Waals surface area contributed by atoms with Crippen molar-refractivity contribution in [2.45, 2.75) is 6.61 Å². The first kappa shape index (κ1) is 12.7. The van der Waals surface area contributed by atoms with Gasteiger partial charge in [0.1, 0.15) is 11.6 Å². The monoisotopic (exact) mass is 331 g/mol. The van der Waals surface area contributed by atoms with E-state index in [9.17, 15) is 0 Å². The van der Waals surface area contributed by atoms with Gasteiger partial charge in [-0.2, -0.15) is 0 Å². The van der Waals surface area contributed by atoms with Crippen LogP contribution in [-0.4, -0.2) is 4.98 Å². The normalized spacial score (nSPS) is 10.3. The van der Waals surface area contributed by atoms with Gasteiger partial charge in [-0.05, 0) is 39.7 Å². The SMILES string of the molecule is Clc1cccc(COc2ncc(Br)cc2Cl)c1. The topological polar surface area (TPSA) is 22.1 Å². The molecule has 88 valence electrons. The van der Waals surface area contributed by atoms with Crippen LogP contribution in [0.2, 0.25) is 10.0 Å². The Labute approximate surface area is 118 Å². The maximum Gasteiger partial charge on any atom is 0.232 e. The molecule has 0 atom stereocenters. The highest BCUT2D eigenvalue weighted by atomic mass is 79.9. The summed E-state index contributed by atoms with van der Waals surface area (Å²) in [5.41, 5.74) is 0.971. The van der Waals surface area contributed by atoms with Crippen molar-refractivity contribution >= 4 is 39.1 Å². The number of hydrogen-bond donors (Lipinski definition) is 0. The van der Waals surface area contributed by atoms with Gasteiger partial charge in [-0.1, -0.05) is 35.3 Å². The van der Waals surface area contributed by atoms with Gasteiger partial charge < -0.3 is 4.74 Å². The van der Waals surface area contributed by atoms with Gasteiger partial charge in [-0.25, -0.2) is 4.98 Å². The van der Waals surface area contributed by atoms with Crippen molar-refractivity contribution in [1.82, 2.24) is 4.98 Å². The van der Waals surface area contributed by atoms with Gasteiger partial charge in [0.25, 0.3) is 0 Å². The molecule has 0 N–H and O–H groups in total. The number of rotatable bonds is 3. The van der Waals surface area contributed by atoms with Crippen molar-refractivity contribution < 1.29 is 4.74 Å². The van der Waals surface area contributed by atoms with Gasteiger partial charge >= 0.3 is 0 Å². The van der Waals surface area contributed by atoms with Crippen molar-refractivity contribution in [3.63, 3.8) is 0 Å². The van der Waals surface area contributed by atoms with Crippen LogP contribution in [0, 0.1) is 0 Å². The van der Waals surface area contributed by atoms with Gasteiger partial charge in [-0.3, -0.25) is 0 Å². The maximum atomic E-state index is 5.98. The molecule has 0 aliphatic heterocycles. The van der Waals surface area contributed by atoms with Crippen LogP contribution >= 0.6 is 39.1 Å². The van der Waals surface area contributed by atoms with Crippen LogP contribution in [0.15, 0.2) is 41.0 Å². The van der Waals surface area contributed by atoms with Gasteiger partial charge in [0.05, 0.1) is 0 Å². The third-order valence-corrected chi connectivity index (χ3v) is 2.98. The lowest BCUT2D eigenvalue weighted by atomic mass is 10.2. The average Bonchev–Trinajstić information content (AvgIpc) is 2.28. The third-order valence-electron chi connectivity index (χ3n) is 2.04. The van der Waals surface area contributed by atoms with E-state index in [4.69, 9.17) is 27.9 Å². The Bertz CT molecular complexity index is 534. The standard InChI is InChI=1S/C12H8BrCl2NO/c13-9-5-11(15)12(16-6-9)17-7-8-2-1-3-10(14)4-8/h1-6H,7H2. The van der Waals surface area contributed by atoms with Gasteiger partial charge in [-0.15, -0.1) is 0 Å². The number of hydrogen-bond acceptors (Lipinski definition) is 2. The lowest BCUT2D eigenvalue weighted by Gasteiger charge is -2.07. The second-order valence-corrected chi connectivity index (χ2v) is 5.12. The van der Waals surface area contributed by atoms with Crippen molar-refractivity contribution in [3.05, 3.63) is 56.6 Å². The van der Waals surface area contributed by atoms with E-state index in [1.807, 2.05) is 24.3 Å². The van der Waals surface area contributed by atoms with Crippen LogP contribution < -0.4 is 4.74 Å². The van der Waals surface area contributed by atoms with E-state index >= 15 is 0 Å². The predicted octanol–water partition coefficient (Wildman–Crippen LogP) is 4.73. The molecule has 0 aliphatic carbocycles. The zero-order valence-electron chi connectivity index (χ0n) is 8.66. The summed E-state index contributed by atoms with van der Waals surface area (Å²) in [5.74, 6) is 0.412. The van der Waals surface area contributed by atoms with E-state index in [2.05, 4.69) is 20.9 Å². The molecule has 0 fully saturated rings. The zero-order chi connectivity index (χ0) is 12.3. The van der Waals surface area contributed by atoms with Crippen LogP contribution in [0.5, 0.6) is 5.88 Å². The van der Waals surface area contributed by atoms with E-state index in [1.165, 1.54) is 0 Å². The van der Waals surface area contributed by atoms with E-state index in [1.54, 1.807) is 12.3 Å². The second-order valence-electron chi connectivity index (χ2n) is 3.36. The van der Waals surface area contributed by atoms with E-state index in [0.717, 1.165) is 10.0 Å². The molecule has 0 spiro atoms. The fourth-order valence-electron chi connectivity index (χ4n) is 1.29. The summed E-state index contributed by atoms with van der Waals surface area (Å²) in [4.78, 5) is 4.08. The lowest BCUT2D eigenvalue weighted by molar-refractivity contribution is 0.294. The fraction of sp³-hybridized carbons (Fsp3) is 0.0833. The summed E-state index contributed by atoms with van der Waals surface area (Å²) >= 11 is 15.1. The van der Waals surface area contributed by atoms with Gasteiger partial charge in [0.2, 0.25) is 5.88 Å². The molecule has 0 aliphatic rings. The minimum absolute atomic E-state index is 0.384. The Morgan fingerprint density at radius 3 is 2.76 bits per heavy atom. The summed E-state index contributed by atoms with van der Waals surface area (Å²) in [6.45, 7) is 0.384. The predicted molar refractivity (Wildman–Crippen MR) is 72.7 cm³/mol. The highest BCUT2D eigenvalue weighted by Gasteiger charge is 2.04. The Morgan fingerprint density at radius 1 is 1.24 bits per heavy atom. The molecule has 0 saturated heterocycles. The maximum absolute atomic E-state index is 5.98. The molecule has 0 saturated carbocycles. The first-order valence-electron chi connectivity index (χ1n) is 4.83. The summed E-state index contributed by atoms with van der Waals surface area (Å²) in [5, 5.41) is 1.15. The summed E-state index contributed by atoms with van der Waals surface area (Å²) in [6, 6.07) is 9.20. The Kier molecular flexibility index (Phi) is 4.26. The largest absolute Gasteiger partial charge is 0.472 e. The molecule has 1 heterocycles. The highest BCUT2D eigenvalue weighted by Crippen LogP contribution is 2.25. The quantitative estimate of drug-likeness (QED) is 0.810. The molecule has 0 amide bonds. The smallest absolute Gasteiger partial charge is 0.232 e. The van der Waals surface area contributed by atoms with Crippen molar-refractivity contribution in [2.24, 2.45) is 0 Å². The van der Waals surface area contributed by atoms with Crippen LogP contribution in [0.25, 0.3) is 0 Å². The number of benzene rings is 1. The zero-order valence-corrected chi connectivity index (χ0v) is 11.8. The van der Waals surface area contributed by atoms with Crippen LogP contribution in [-0.2, 0) is 6.61 Å². The molecule has 5 heteroatoms. The highest BCUT2D eigenvalue weighted by molar-refractivity contribution is 9.10. The number of pyridine rings is 1. The number of nitrogens with zero attached hydrogens (tertiary/aromatic N) is 1. The number of halogens is 3. The van der Waals surface area contributed by atoms with Crippen molar-refractivity contribution in [3.8, 4) is 5.88 Å². The van der Waals surface area contributed by atoms with Gasteiger partial charge in [0.15, 0.2) is 0 Å².